The van der Waals surface area contributed by atoms with Gasteiger partial charge in [0.2, 0.25) is 0 Å². The van der Waals surface area contributed by atoms with Crippen LogP contribution in [-0.2, 0) is 0 Å². The molecule has 0 aliphatic carbocycles. The van der Waals surface area contributed by atoms with Crippen molar-refractivity contribution in [2.75, 3.05) is 20.1 Å². The zero-order valence-electron chi connectivity index (χ0n) is 6.30. The molecule has 54 valence electrons. The molecule has 0 bridgehead atoms. The zero-order valence-corrected chi connectivity index (χ0v) is 6.30. The van der Waals surface area contributed by atoms with E-state index in [0.717, 1.165) is 12.6 Å². The lowest BCUT2D eigenvalue weighted by atomic mass is 9.91. The molecule has 0 radical (unpaired) electrons. The van der Waals surface area contributed by atoms with E-state index < -0.39 is 0 Å². The van der Waals surface area contributed by atoms with Gasteiger partial charge in [-0.2, -0.15) is 0 Å². The molecule has 2 atom stereocenters. The molecule has 1 heterocycles. The zero-order chi connectivity index (χ0) is 6.85. The highest BCUT2D eigenvalue weighted by molar-refractivity contribution is 4.84. The van der Waals surface area contributed by atoms with Crippen LogP contribution in [0.3, 0.4) is 0 Å². The van der Waals surface area contributed by atoms with Gasteiger partial charge in [0.15, 0.2) is 0 Å². The molecule has 1 rings (SSSR count). The van der Waals surface area contributed by atoms with Crippen LogP contribution >= 0.6 is 0 Å². The molecule has 2 nitrogen and oxygen atoms in total. The van der Waals surface area contributed by atoms with E-state index in [1.54, 1.807) is 0 Å². The second kappa shape index (κ2) is 2.67. The van der Waals surface area contributed by atoms with Crippen LogP contribution < -0.4 is 5.73 Å². The SMILES string of the molecule is CC(CN)C1CCN1C. The number of rotatable bonds is 2. The minimum Gasteiger partial charge on any atom is -0.330 e. The van der Waals surface area contributed by atoms with E-state index in [0.29, 0.717) is 5.92 Å². The second-order valence-corrected chi connectivity index (χ2v) is 3.05. The summed E-state index contributed by atoms with van der Waals surface area (Å²) < 4.78 is 0. The van der Waals surface area contributed by atoms with E-state index in [9.17, 15) is 0 Å². The maximum absolute atomic E-state index is 5.52. The van der Waals surface area contributed by atoms with Crippen LogP contribution in [0.2, 0.25) is 0 Å². The van der Waals surface area contributed by atoms with Crippen molar-refractivity contribution in [3.8, 4) is 0 Å². The van der Waals surface area contributed by atoms with Gasteiger partial charge in [-0.15, -0.1) is 0 Å². The van der Waals surface area contributed by atoms with E-state index in [2.05, 4.69) is 18.9 Å². The van der Waals surface area contributed by atoms with Crippen LogP contribution in [0.1, 0.15) is 13.3 Å². The Labute approximate surface area is 57.0 Å². The highest BCUT2D eigenvalue weighted by Gasteiger charge is 2.27. The number of hydrogen-bond donors (Lipinski definition) is 1. The van der Waals surface area contributed by atoms with Crippen LogP contribution in [0.15, 0.2) is 0 Å². The van der Waals surface area contributed by atoms with E-state index in [1.807, 2.05) is 0 Å². The third-order valence-corrected chi connectivity index (χ3v) is 2.37. The first-order valence-corrected chi connectivity index (χ1v) is 3.66. The second-order valence-electron chi connectivity index (χ2n) is 3.05. The molecule has 1 aliphatic rings. The molecule has 0 amide bonds. The van der Waals surface area contributed by atoms with Crippen molar-refractivity contribution in [3.63, 3.8) is 0 Å². The van der Waals surface area contributed by atoms with Crippen molar-refractivity contribution in [1.82, 2.24) is 4.90 Å². The number of likely N-dealkylation sites (tertiary alicyclic amines) is 1. The Kier molecular flexibility index (Phi) is 2.09. The molecule has 0 aromatic rings. The first-order chi connectivity index (χ1) is 4.25. The number of hydrogen-bond acceptors (Lipinski definition) is 2. The first-order valence-electron chi connectivity index (χ1n) is 3.66. The Bertz CT molecular complexity index is 92.9. The van der Waals surface area contributed by atoms with E-state index in [4.69, 9.17) is 5.73 Å². The van der Waals surface area contributed by atoms with Gasteiger partial charge in [-0.3, -0.25) is 0 Å². The third-order valence-electron chi connectivity index (χ3n) is 2.37. The van der Waals surface area contributed by atoms with Crippen molar-refractivity contribution in [2.24, 2.45) is 11.7 Å². The molecule has 0 spiro atoms. The smallest absolute Gasteiger partial charge is 0.0142 e. The Morgan fingerprint density at radius 1 is 1.78 bits per heavy atom. The fraction of sp³-hybridized carbons (Fsp3) is 1.00. The Morgan fingerprint density at radius 3 is 2.56 bits per heavy atom. The summed E-state index contributed by atoms with van der Waals surface area (Å²) in [5.74, 6) is 0.684. The molecule has 1 saturated heterocycles. The van der Waals surface area contributed by atoms with Crippen LogP contribution in [-0.4, -0.2) is 31.1 Å². The van der Waals surface area contributed by atoms with Gasteiger partial charge >= 0.3 is 0 Å². The highest BCUT2D eigenvalue weighted by Crippen LogP contribution is 2.21. The summed E-state index contributed by atoms with van der Waals surface area (Å²) >= 11 is 0. The van der Waals surface area contributed by atoms with E-state index in [-0.39, 0.29) is 0 Å². The normalized spacial score (nSPS) is 31.7. The van der Waals surface area contributed by atoms with E-state index in [1.165, 1.54) is 13.0 Å². The van der Waals surface area contributed by atoms with Gasteiger partial charge in [0, 0.05) is 6.04 Å². The molecular weight excluding hydrogens is 112 g/mol. The van der Waals surface area contributed by atoms with Crippen molar-refractivity contribution >= 4 is 0 Å². The summed E-state index contributed by atoms with van der Waals surface area (Å²) in [7, 11) is 2.17. The predicted octanol–water partition coefficient (Wildman–Crippen LogP) is 0.285. The summed E-state index contributed by atoms with van der Waals surface area (Å²) in [4.78, 5) is 2.37. The number of nitrogens with zero attached hydrogens (tertiary/aromatic N) is 1. The van der Waals surface area contributed by atoms with E-state index >= 15 is 0 Å². The quantitative estimate of drug-likeness (QED) is 0.579. The molecule has 0 saturated carbocycles. The molecule has 0 aromatic heterocycles. The maximum atomic E-state index is 5.52. The average molecular weight is 128 g/mol. The summed E-state index contributed by atoms with van der Waals surface area (Å²) in [6, 6.07) is 0.773. The lowest BCUT2D eigenvalue weighted by molar-refractivity contribution is 0.0829. The topological polar surface area (TPSA) is 29.3 Å². The van der Waals surface area contributed by atoms with Crippen molar-refractivity contribution in [1.29, 1.82) is 0 Å². The fourth-order valence-electron chi connectivity index (χ4n) is 1.41. The molecule has 0 aromatic carbocycles. The van der Waals surface area contributed by atoms with Crippen molar-refractivity contribution < 1.29 is 0 Å². The maximum Gasteiger partial charge on any atom is 0.0142 e. The largest absolute Gasteiger partial charge is 0.330 e. The summed E-state index contributed by atoms with van der Waals surface area (Å²) in [6.45, 7) is 4.31. The van der Waals surface area contributed by atoms with Crippen LogP contribution in [0.4, 0.5) is 0 Å². The minimum absolute atomic E-state index is 0.684. The average Bonchev–Trinajstić information content (AvgIpc) is 1.84. The summed E-state index contributed by atoms with van der Waals surface area (Å²) in [5, 5.41) is 0. The highest BCUT2D eigenvalue weighted by atomic mass is 15.2. The standard InChI is InChI=1S/C7H16N2/c1-6(5-8)7-3-4-9(7)2/h6-7H,3-5,8H2,1-2H3. The van der Waals surface area contributed by atoms with Gasteiger partial charge in [0.25, 0.3) is 0 Å². The van der Waals surface area contributed by atoms with Crippen molar-refractivity contribution in [2.45, 2.75) is 19.4 Å². The van der Waals surface area contributed by atoms with Crippen LogP contribution in [0, 0.1) is 5.92 Å². The van der Waals surface area contributed by atoms with Crippen LogP contribution in [0.5, 0.6) is 0 Å². The molecular formula is C7H16N2. The molecule has 9 heavy (non-hydrogen) atoms. The Hall–Kier alpha value is -0.0800. The lowest BCUT2D eigenvalue weighted by Gasteiger charge is -2.41. The van der Waals surface area contributed by atoms with Crippen LogP contribution in [0.25, 0.3) is 0 Å². The van der Waals surface area contributed by atoms with Gasteiger partial charge in [-0.1, -0.05) is 6.92 Å². The first kappa shape index (κ1) is 7.03. The molecule has 2 heteroatoms. The monoisotopic (exact) mass is 128 g/mol. The van der Waals surface area contributed by atoms with Gasteiger partial charge in [-0.05, 0) is 32.5 Å². The minimum atomic E-state index is 0.684. The summed E-state index contributed by atoms with van der Waals surface area (Å²) in [5.41, 5.74) is 5.52. The van der Waals surface area contributed by atoms with Crippen molar-refractivity contribution in [3.05, 3.63) is 0 Å². The molecule has 2 unspecified atom stereocenters. The Morgan fingerprint density at radius 2 is 2.44 bits per heavy atom. The van der Waals surface area contributed by atoms with Gasteiger partial charge < -0.3 is 10.6 Å². The molecule has 1 aliphatic heterocycles. The van der Waals surface area contributed by atoms with Gasteiger partial charge in [0.05, 0.1) is 0 Å². The fourth-order valence-corrected chi connectivity index (χ4v) is 1.41. The van der Waals surface area contributed by atoms with Gasteiger partial charge in [0.1, 0.15) is 0 Å². The molecule has 1 fully saturated rings. The predicted molar refractivity (Wildman–Crippen MR) is 39.3 cm³/mol. The van der Waals surface area contributed by atoms with Gasteiger partial charge in [-0.25, -0.2) is 0 Å². The third kappa shape index (κ3) is 1.25. The summed E-state index contributed by atoms with van der Waals surface area (Å²) in [6.07, 6.45) is 1.34. The number of nitrogens with two attached hydrogens (primary N) is 1. The molecule has 2 N–H and O–H groups in total. The Balaban J connectivity index is 2.25. The lowest BCUT2D eigenvalue weighted by Crippen LogP contribution is -2.50.